The van der Waals surface area contributed by atoms with Crippen LogP contribution in [-0.2, 0) is 6.42 Å². The lowest BCUT2D eigenvalue weighted by molar-refractivity contribution is -0.275. The average Bonchev–Trinajstić information content (AvgIpc) is 2.34. The van der Waals surface area contributed by atoms with E-state index in [1.54, 1.807) is 6.08 Å². The Hall–Kier alpha value is -2.05. The first-order valence-electron chi connectivity index (χ1n) is 6.09. The molecule has 1 aromatic carbocycles. The topological polar surface area (TPSA) is 58.9 Å². The molecule has 0 aliphatic rings. The Labute approximate surface area is 120 Å². The standard InChI is InChI=1S/C14H17F3O4/c1-7(2)5-6-9-8(3)10(18)12(20-4)13(11(9)19)21-14(15,16)17/h5,18-19H,6H2,1-4H3. The van der Waals surface area contributed by atoms with Crippen LogP contribution in [0.2, 0.25) is 0 Å². The number of methoxy groups -OCH3 is 1. The second kappa shape index (κ2) is 6.15. The average molecular weight is 306 g/mol. The zero-order valence-electron chi connectivity index (χ0n) is 12.1. The van der Waals surface area contributed by atoms with Gasteiger partial charge in [0.05, 0.1) is 7.11 Å². The minimum atomic E-state index is -5.01. The first kappa shape index (κ1) is 17.0. The summed E-state index contributed by atoms with van der Waals surface area (Å²) < 4.78 is 45.8. The van der Waals surface area contributed by atoms with Crippen LogP contribution in [0.4, 0.5) is 13.2 Å². The van der Waals surface area contributed by atoms with Crippen LogP contribution in [0, 0.1) is 6.92 Å². The Morgan fingerprint density at radius 3 is 2.14 bits per heavy atom. The highest BCUT2D eigenvalue weighted by atomic mass is 19.4. The van der Waals surface area contributed by atoms with Gasteiger partial charge in [0.25, 0.3) is 0 Å². The highest BCUT2D eigenvalue weighted by molar-refractivity contribution is 5.66. The van der Waals surface area contributed by atoms with E-state index >= 15 is 0 Å². The lowest BCUT2D eigenvalue weighted by Crippen LogP contribution is -2.18. The van der Waals surface area contributed by atoms with E-state index in [0.717, 1.165) is 12.7 Å². The zero-order valence-corrected chi connectivity index (χ0v) is 12.1. The fourth-order valence-corrected chi connectivity index (χ4v) is 1.80. The third-order valence-electron chi connectivity index (χ3n) is 2.87. The van der Waals surface area contributed by atoms with Gasteiger partial charge < -0.3 is 19.7 Å². The van der Waals surface area contributed by atoms with Gasteiger partial charge in [-0.25, -0.2) is 0 Å². The van der Waals surface area contributed by atoms with Crippen molar-refractivity contribution in [2.75, 3.05) is 7.11 Å². The molecule has 0 aliphatic heterocycles. The zero-order chi connectivity index (χ0) is 16.4. The number of allylic oxidation sites excluding steroid dienone is 2. The molecule has 0 heterocycles. The summed E-state index contributed by atoms with van der Waals surface area (Å²) in [4.78, 5) is 0. The molecule has 0 amide bonds. The number of phenols is 2. The summed E-state index contributed by atoms with van der Waals surface area (Å²) in [6.45, 7) is 5.09. The molecule has 0 aliphatic carbocycles. The van der Waals surface area contributed by atoms with Gasteiger partial charge in [-0.2, -0.15) is 0 Å². The van der Waals surface area contributed by atoms with Crippen LogP contribution >= 0.6 is 0 Å². The van der Waals surface area contributed by atoms with E-state index in [1.165, 1.54) is 6.92 Å². The Kier molecular flexibility index (Phi) is 4.98. The highest BCUT2D eigenvalue weighted by Gasteiger charge is 2.36. The molecule has 7 heteroatoms. The monoisotopic (exact) mass is 306 g/mol. The van der Waals surface area contributed by atoms with Gasteiger partial charge in [0.1, 0.15) is 0 Å². The number of hydrogen-bond donors (Lipinski definition) is 2. The van der Waals surface area contributed by atoms with Gasteiger partial charge in [-0.15, -0.1) is 13.2 Å². The van der Waals surface area contributed by atoms with Gasteiger partial charge in [0.15, 0.2) is 11.5 Å². The molecule has 0 fully saturated rings. The molecule has 0 saturated heterocycles. The first-order chi connectivity index (χ1) is 9.58. The molecule has 4 nitrogen and oxygen atoms in total. The summed E-state index contributed by atoms with van der Waals surface area (Å²) in [7, 11) is 1.08. The molecular formula is C14H17F3O4. The predicted octanol–water partition coefficient (Wildman–Crippen LogP) is 3.82. The summed E-state index contributed by atoms with van der Waals surface area (Å²) in [5.74, 6) is -2.68. The second-order valence-electron chi connectivity index (χ2n) is 4.70. The largest absolute Gasteiger partial charge is 0.573 e. The second-order valence-corrected chi connectivity index (χ2v) is 4.70. The summed E-state index contributed by atoms with van der Waals surface area (Å²) in [6.07, 6.45) is -3.14. The summed E-state index contributed by atoms with van der Waals surface area (Å²) in [5.41, 5.74) is 1.30. The Bertz CT molecular complexity index is 559. The smallest absolute Gasteiger partial charge is 0.504 e. The maximum Gasteiger partial charge on any atom is 0.573 e. The van der Waals surface area contributed by atoms with Crippen molar-refractivity contribution in [1.29, 1.82) is 0 Å². The molecule has 2 N–H and O–H groups in total. The van der Waals surface area contributed by atoms with Gasteiger partial charge >= 0.3 is 6.36 Å². The van der Waals surface area contributed by atoms with E-state index in [2.05, 4.69) is 4.74 Å². The number of phenolic OH excluding ortho intramolecular Hbond substituents is 2. The fourth-order valence-electron chi connectivity index (χ4n) is 1.80. The van der Waals surface area contributed by atoms with Crippen LogP contribution in [0.5, 0.6) is 23.0 Å². The van der Waals surface area contributed by atoms with Crippen LogP contribution in [-0.4, -0.2) is 23.7 Å². The van der Waals surface area contributed by atoms with Gasteiger partial charge in [0, 0.05) is 11.1 Å². The van der Waals surface area contributed by atoms with Crippen molar-refractivity contribution in [3.63, 3.8) is 0 Å². The van der Waals surface area contributed by atoms with Crippen LogP contribution in [0.3, 0.4) is 0 Å². The van der Waals surface area contributed by atoms with Gasteiger partial charge in [-0.3, -0.25) is 0 Å². The van der Waals surface area contributed by atoms with Crippen LogP contribution in [0.25, 0.3) is 0 Å². The van der Waals surface area contributed by atoms with Gasteiger partial charge in [0.2, 0.25) is 11.5 Å². The summed E-state index contributed by atoms with van der Waals surface area (Å²) in [6, 6.07) is 0. The minimum absolute atomic E-state index is 0.147. The SMILES string of the molecule is COc1c(O)c(C)c(CC=C(C)C)c(O)c1OC(F)(F)F. The number of benzene rings is 1. The van der Waals surface area contributed by atoms with Crippen molar-refractivity contribution in [2.45, 2.75) is 33.6 Å². The highest BCUT2D eigenvalue weighted by Crippen LogP contribution is 2.50. The van der Waals surface area contributed by atoms with Crippen LogP contribution in [0.1, 0.15) is 25.0 Å². The Morgan fingerprint density at radius 2 is 1.71 bits per heavy atom. The van der Waals surface area contributed by atoms with Gasteiger partial charge in [-0.05, 0) is 27.2 Å². The fraction of sp³-hybridized carbons (Fsp3) is 0.429. The van der Waals surface area contributed by atoms with E-state index in [0.29, 0.717) is 0 Å². The quantitative estimate of drug-likeness (QED) is 0.656. The molecule has 0 atom stereocenters. The summed E-state index contributed by atoms with van der Waals surface area (Å²) in [5, 5.41) is 20.0. The number of aromatic hydroxyl groups is 2. The van der Waals surface area contributed by atoms with E-state index < -0.39 is 29.4 Å². The Balaban J connectivity index is 3.50. The van der Waals surface area contributed by atoms with E-state index in [9.17, 15) is 23.4 Å². The molecule has 0 unspecified atom stereocenters. The lowest BCUT2D eigenvalue weighted by atomic mass is 10.0. The number of halogens is 3. The molecular weight excluding hydrogens is 289 g/mol. The third-order valence-corrected chi connectivity index (χ3v) is 2.87. The van der Waals surface area contributed by atoms with E-state index in [4.69, 9.17) is 4.74 Å². The normalized spacial score (nSPS) is 11.2. The molecule has 0 bridgehead atoms. The van der Waals surface area contributed by atoms with Crippen molar-refractivity contribution in [3.05, 3.63) is 22.8 Å². The van der Waals surface area contributed by atoms with Crippen molar-refractivity contribution < 1.29 is 32.9 Å². The Morgan fingerprint density at radius 1 is 1.14 bits per heavy atom. The van der Waals surface area contributed by atoms with E-state index in [1.807, 2.05) is 13.8 Å². The maximum atomic E-state index is 12.4. The minimum Gasteiger partial charge on any atom is -0.504 e. The van der Waals surface area contributed by atoms with Crippen LogP contribution < -0.4 is 9.47 Å². The van der Waals surface area contributed by atoms with Crippen LogP contribution in [0.15, 0.2) is 11.6 Å². The van der Waals surface area contributed by atoms with Crippen molar-refractivity contribution in [2.24, 2.45) is 0 Å². The predicted molar refractivity (Wildman–Crippen MR) is 70.9 cm³/mol. The van der Waals surface area contributed by atoms with Crippen molar-refractivity contribution >= 4 is 0 Å². The number of rotatable bonds is 4. The number of ether oxygens (including phenoxy) is 2. The molecule has 0 radical (unpaired) electrons. The van der Waals surface area contributed by atoms with E-state index in [-0.39, 0.29) is 17.5 Å². The maximum absolute atomic E-state index is 12.4. The number of alkyl halides is 3. The molecule has 1 rings (SSSR count). The van der Waals surface area contributed by atoms with Crippen molar-refractivity contribution in [3.8, 4) is 23.0 Å². The molecule has 0 aromatic heterocycles. The molecule has 21 heavy (non-hydrogen) atoms. The molecule has 0 spiro atoms. The summed E-state index contributed by atoms with van der Waals surface area (Å²) >= 11 is 0. The molecule has 0 saturated carbocycles. The number of hydrogen-bond acceptors (Lipinski definition) is 4. The first-order valence-corrected chi connectivity index (χ1v) is 6.09. The third kappa shape index (κ3) is 3.96. The molecule has 1 aromatic rings. The van der Waals surface area contributed by atoms with Gasteiger partial charge in [-0.1, -0.05) is 11.6 Å². The molecule has 118 valence electrons. The lowest BCUT2D eigenvalue weighted by Gasteiger charge is -2.19. The van der Waals surface area contributed by atoms with Crippen molar-refractivity contribution in [1.82, 2.24) is 0 Å².